The molecule has 2 heterocycles. The van der Waals surface area contributed by atoms with E-state index in [1.807, 2.05) is 14.0 Å². The summed E-state index contributed by atoms with van der Waals surface area (Å²) in [5.41, 5.74) is 1.48. The molecule has 1 aliphatic rings. The molecule has 7 nitrogen and oxygen atoms in total. The van der Waals surface area contributed by atoms with Gasteiger partial charge in [0.15, 0.2) is 5.03 Å². The van der Waals surface area contributed by atoms with Crippen LogP contribution >= 0.6 is 0 Å². The monoisotopic (exact) mass is 301 g/mol. The van der Waals surface area contributed by atoms with Crippen LogP contribution in [0.2, 0.25) is 0 Å². The fourth-order valence-corrected chi connectivity index (χ4v) is 3.94. The van der Waals surface area contributed by atoms with Crippen molar-refractivity contribution < 1.29 is 8.42 Å². The molecule has 2 rings (SSSR count). The molecule has 114 valence electrons. The Balaban J connectivity index is 2.14. The van der Waals surface area contributed by atoms with Crippen molar-refractivity contribution in [3.8, 4) is 0 Å². The first-order chi connectivity index (χ1) is 9.44. The van der Waals surface area contributed by atoms with Gasteiger partial charge < -0.3 is 10.2 Å². The van der Waals surface area contributed by atoms with E-state index in [1.165, 1.54) is 0 Å². The molecule has 1 aromatic rings. The SMILES string of the molecule is CNCc1c(S(=O)(=O)NC2CCN(C)CC2)n[nH]c1C. The van der Waals surface area contributed by atoms with Gasteiger partial charge in [-0.2, -0.15) is 5.10 Å². The number of aryl methyl sites for hydroxylation is 1. The molecule has 0 aromatic carbocycles. The van der Waals surface area contributed by atoms with E-state index in [9.17, 15) is 8.42 Å². The molecular formula is C12H23N5O2S. The Morgan fingerprint density at radius 3 is 2.65 bits per heavy atom. The summed E-state index contributed by atoms with van der Waals surface area (Å²) in [5.74, 6) is 0. The summed E-state index contributed by atoms with van der Waals surface area (Å²) in [6.07, 6.45) is 1.67. The lowest BCUT2D eigenvalue weighted by Crippen LogP contribution is -2.43. The number of sulfonamides is 1. The highest BCUT2D eigenvalue weighted by molar-refractivity contribution is 7.89. The largest absolute Gasteiger partial charge is 0.316 e. The molecule has 3 N–H and O–H groups in total. The van der Waals surface area contributed by atoms with E-state index in [1.54, 1.807) is 7.05 Å². The third kappa shape index (κ3) is 3.38. The van der Waals surface area contributed by atoms with Crippen LogP contribution in [-0.2, 0) is 16.6 Å². The van der Waals surface area contributed by atoms with E-state index in [0.717, 1.165) is 31.6 Å². The number of nitrogens with zero attached hydrogens (tertiary/aromatic N) is 2. The summed E-state index contributed by atoms with van der Waals surface area (Å²) in [5, 5.41) is 9.80. The molecule has 0 saturated carbocycles. The maximum atomic E-state index is 12.5. The van der Waals surface area contributed by atoms with E-state index in [4.69, 9.17) is 0 Å². The molecule has 0 unspecified atom stereocenters. The molecule has 0 bridgehead atoms. The molecule has 0 aliphatic carbocycles. The first kappa shape index (κ1) is 15.4. The number of nitrogens with one attached hydrogen (secondary N) is 3. The molecule has 0 atom stereocenters. The van der Waals surface area contributed by atoms with Crippen molar-refractivity contribution in [2.24, 2.45) is 0 Å². The van der Waals surface area contributed by atoms with E-state index >= 15 is 0 Å². The minimum atomic E-state index is -3.56. The Morgan fingerprint density at radius 2 is 2.05 bits per heavy atom. The second-order valence-corrected chi connectivity index (χ2v) is 6.99. The average Bonchev–Trinajstić information content (AvgIpc) is 2.75. The van der Waals surface area contributed by atoms with Crippen LogP contribution in [0.4, 0.5) is 0 Å². The molecule has 1 aromatic heterocycles. The summed E-state index contributed by atoms with van der Waals surface area (Å²) in [6, 6.07) is -0.00404. The third-order valence-electron chi connectivity index (χ3n) is 3.68. The number of likely N-dealkylation sites (tertiary alicyclic amines) is 1. The standard InChI is InChI=1S/C12H23N5O2S/c1-9-11(8-13-2)12(15-14-9)20(18,19)16-10-4-6-17(3)7-5-10/h10,13,16H,4-8H2,1-3H3,(H,14,15). The molecule has 0 radical (unpaired) electrons. The van der Waals surface area contributed by atoms with Crippen LogP contribution in [0.5, 0.6) is 0 Å². The van der Waals surface area contributed by atoms with Crippen LogP contribution in [0.15, 0.2) is 5.03 Å². The summed E-state index contributed by atoms with van der Waals surface area (Å²) in [7, 11) is 0.273. The van der Waals surface area contributed by atoms with Crippen molar-refractivity contribution in [2.75, 3.05) is 27.2 Å². The Morgan fingerprint density at radius 1 is 1.40 bits per heavy atom. The molecular weight excluding hydrogens is 278 g/mol. The van der Waals surface area contributed by atoms with Crippen LogP contribution in [-0.4, -0.2) is 56.7 Å². The molecule has 0 amide bonds. The Bertz CT molecular complexity index is 546. The number of hydrogen-bond donors (Lipinski definition) is 3. The predicted molar refractivity (Wildman–Crippen MR) is 76.9 cm³/mol. The molecule has 1 saturated heterocycles. The highest BCUT2D eigenvalue weighted by Crippen LogP contribution is 2.18. The van der Waals surface area contributed by atoms with Crippen molar-refractivity contribution in [2.45, 2.75) is 37.4 Å². The topological polar surface area (TPSA) is 90.1 Å². The Labute approximate surface area is 120 Å². The van der Waals surface area contributed by atoms with Crippen LogP contribution in [0, 0.1) is 6.92 Å². The van der Waals surface area contributed by atoms with Gasteiger partial charge in [0.25, 0.3) is 10.0 Å². The second kappa shape index (κ2) is 6.21. The highest BCUT2D eigenvalue weighted by Gasteiger charge is 2.27. The lowest BCUT2D eigenvalue weighted by molar-refractivity contribution is 0.248. The van der Waals surface area contributed by atoms with Crippen molar-refractivity contribution >= 4 is 10.0 Å². The molecule has 0 spiro atoms. The fourth-order valence-electron chi connectivity index (χ4n) is 2.44. The van der Waals surface area contributed by atoms with Gasteiger partial charge in [0.1, 0.15) is 0 Å². The van der Waals surface area contributed by atoms with Gasteiger partial charge in [0.2, 0.25) is 0 Å². The maximum Gasteiger partial charge on any atom is 0.260 e. The summed E-state index contributed by atoms with van der Waals surface area (Å²) in [6.45, 7) is 4.13. The van der Waals surface area contributed by atoms with E-state index in [-0.39, 0.29) is 11.1 Å². The average molecular weight is 301 g/mol. The quantitative estimate of drug-likeness (QED) is 0.701. The maximum absolute atomic E-state index is 12.5. The van der Waals surface area contributed by atoms with Gasteiger partial charge in [-0.15, -0.1) is 0 Å². The summed E-state index contributed by atoms with van der Waals surface area (Å²) >= 11 is 0. The lowest BCUT2D eigenvalue weighted by atomic mass is 10.1. The van der Waals surface area contributed by atoms with Gasteiger partial charge in [-0.05, 0) is 47.0 Å². The number of aromatic nitrogens is 2. The number of piperidine rings is 1. The van der Waals surface area contributed by atoms with E-state index in [2.05, 4.69) is 25.1 Å². The predicted octanol–water partition coefficient (Wildman–Crippen LogP) is -0.190. The van der Waals surface area contributed by atoms with Gasteiger partial charge in [-0.25, -0.2) is 13.1 Å². The zero-order valence-electron chi connectivity index (χ0n) is 12.2. The number of hydrogen-bond acceptors (Lipinski definition) is 5. The van der Waals surface area contributed by atoms with Gasteiger partial charge in [-0.3, -0.25) is 5.10 Å². The molecule has 1 aliphatic heterocycles. The smallest absolute Gasteiger partial charge is 0.260 e. The van der Waals surface area contributed by atoms with Crippen LogP contribution in [0.25, 0.3) is 0 Å². The number of rotatable bonds is 5. The molecule has 1 fully saturated rings. The fraction of sp³-hybridized carbons (Fsp3) is 0.750. The molecule has 20 heavy (non-hydrogen) atoms. The van der Waals surface area contributed by atoms with Crippen molar-refractivity contribution in [3.05, 3.63) is 11.3 Å². The van der Waals surface area contributed by atoms with Gasteiger partial charge >= 0.3 is 0 Å². The highest BCUT2D eigenvalue weighted by atomic mass is 32.2. The van der Waals surface area contributed by atoms with Gasteiger partial charge in [-0.1, -0.05) is 0 Å². The normalized spacial score (nSPS) is 18.6. The van der Waals surface area contributed by atoms with Gasteiger partial charge in [0.05, 0.1) is 0 Å². The Hall–Kier alpha value is -0.960. The minimum Gasteiger partial charge on any atom is -0.316 e. The van der Waals surface area contributed by atoms with Crippen LogP contribution in [0.1, 0.15) is 24.1 Å². The zero-order chi connectivity index (χ0) is 14.8. The zero-order valence-corrected chi connectivity index (χ0v) is 13.0. The van der Waals surface area contributed by atoms with E-state index < -0.39 is 10.0 Å². The van der Waals surface area contributed by atoms with Crippen molar-refractivity contribution in [1.82, 2.24) is 25.1 Å². The van der Waals surface area contributed by atoms with Gasteiger partial charge in [0, 0.05) is 23.8 Å². The minimum absolute atomic E-state index is 0.00404. The second-order valence-electron chi connectivity index (χ2n) is 5.36. The van der Waals surface area contributed by atoms with Crippen LogP contribution < -0.4 is 10.0 Å². The van der Waals surface area contributed by atoms with Crippen LogP contribution in [0.3, 0.4) is 0 Å². The van der Waals surface area contributed by atoms with Crippen molar-refractivity contribution in [1.29, 1.82) is 0 Å². The van der Waals surface area contributed by atoms with E-state index in [0.29, 0.717) is 12.1 Å². The lowest BCUT2D eigenvalue weighted by Gasteiger charge is -2.29. The molecule has 8 heteroatoms. The van der Waals surface area contributed by atoms with Crippen molar-refractivity contribution in [3.63, 3.8) is 0 Å². The summed E-state index contributed by atoms with van der Waals surface area (Å²) < 4.78 is 27.7. The Kier molecular flexibility index (Phi) is 4.79. The summed E-state index contributed by atoms with van der Waals surface area (Å²) in [4.78, 5) is 2.20. The first-order valence-corrected chi connectivity index (χ1v) is 8.31. The number of H-pyrrole nitrogens is 1. The first-order valence-electron chi connectivity index (χ1n) is 6.83. The number of aromatic amines is 1. The third-order valence-corrected chi connectivity index (χ3v) is 5.17.